The molecule has 0 atom stereocenters. The van der Waals surface area contributed by atoms with Gasteiger partial charge < -0.3 is 9.47 Å². The summed E-state index contributed by atoms with van der Waals surface area (Å²) in [5, 5.41) is 11.3. The summed E-state index contributed by atoms with van der Waals surface area (Å²) in [6.07, 6.45) is 4.11. The van der Waals surface area contributed by atoms with Crippen LogP contribution in [-0.2, 0) is 6.42 Å². The van der Waals surface area contributed by atoms with Crippen LogP contribution < -0.4 is 9.47 Å². The molecule has 0 radical (unpaired) electrons. The standard InChI is InChI=1S/C14H11FN2O2S/c15-11-7-12(19-14-17-4-6-20-14)9-3-1-2-5-18-13(9)10(11)8-16/h4,6-7H,1-3,5H2. The van der Waals surface area contributed by atoms with Gasteiger partial charge in [0.15, 0.2) is 0 Å². The Morgan fingerprint density at radius 1 is 1.45 bits per heavy atom. The predicted molar refractivity (Wildman–Crippen MR) is 71.7 cm³/mol. The summed E-state index contributed by atoms with van der Waals surface area (Å²) in [5.74, 6) is 0.0737. The second-order valence-corrected chi connectivity index (χ2v) is 5.21. The number of rotatable bonds is 2. The van der Waals surface area contributed by atoms with Crippen LogP contribution in [0.2, 0.25) is 0 Å². The lowest BCUT2D eigenvalue weighted by atomic mass is 10.0. The quantitative estimate of drug-likeness (QED) is 0.847. The molecule has 3 rings (SSSR count). The zero-order valence-electron chi connectivity index (χ0n) is 10.6. The van der Waals surface area contributed by atoms with Crippen LogP contribution in [0.4, 0.5) is 4.39 Å². The molecule has 0 bridgehead atoms. The second kappa shape index (κ2) is 5.47. The summed E-state index contributed by atoms with van der Waals surface area (Å²) in [5.41, 5.74) is 0.698. The molecule has 4 nitrogen and oxygen atoms in total. The van der Waals surface area contributed by atoms with Gasteiger partial charge in [-0.15, -0.1) is 0 Å². The van der Waals surface area contributed by atoms with Crippen LogP contribution in [0.5, 0.6) is 16.7 Å². The number of ether oxygens (including phenoxy) is 2. The third-order valence-electron chi connectivity index (χ3n) is 3.08. The van der Waals surface area contributed by atoms with E-state index in [1.165, 1.54) is 17.4 Å². The summed E-state index contributed by atoms with van der Waals surface area (Å²) >= 11 is 1.33. The second-order valence-electron chi connectivity index (χ2n) is 4.36. The lowest BCUT2D eigenvalue weighted by molar-refractivity contribution is 0.313. The maximum absolute atomic E-state index is 14.0. The summed E-state index contributed by atoms with van der Waals surface area (Å²) in [6, 6.07) is 3.11. The molecule has 1 aliphatic rings. The van der Waals surface area contributed by atoms with Crippen molar-refractivity contribution in [1.29, 1.82) is 5.26 Å². The normalized spacial score (nSPS) is 13.8. The number of fused-ring (bicyclic) bond motifs is 1. The van der Waals surface area contributed by atoms with E-state index in [1.54, 1.807) is 11.6 Å². The topological polar surface area (TPSA) is 55.1 Å². The van der Waals surface area contributed by atoms with Crippen molar-refractivity contribution >= 4 is 11.3 Å². The lowest BCUT2D eigenvalue weighted by Crippen LogP contribution is -2.02. The van der Waals surface area contributed by atoms with Crippen molar-refractivity contribution in [1.82, 2.24) is 4.98 Å². The highest BCUT2D eigenvalue weighted by molar-refractivity contribution is 7.11. The molecule has 0 unspecified atom stereocenters. The number of benzene rings is 1. The van der Waals surface area contributed by atoms with Crippen molar-refractivity contribution in [3.05, 3.63) is 34.6 Å². The Balaban J connectivity index is 2.10. The van der Waals surface area contributed by atoms with Crippen molar-refractivity contribution in [3.8, 4) is 22.8 Å². The first-order valence-corrected chi connectivity index (χ1v) is 7.13. The zero-order valence-corrected chi connectivity index (χ0v) is 11.4. The van der Waals surface area contributed by atoms with Crippen molar-refractivity contribution in [2.24, 2.45) is 0 Å². The monoisotopic (exact) mass is 290 g/mol. The molecule has 1 aromatic carbocycles. The van der Waals surface area contributed by atoms with Crippen LogP contribution in [0.25, 0.3) is 0 Å². The first-order chi connectivity index (χ1) is 9.79. The average Bonchev–Trinajstić information content (AvgIpc) is 2.82. The van der Waals surface area contributed by atoms with Crippen LogP contribution in [0, 0.1) is 17.1 Å². The Morgan fingerprint density at radius 3 is 3.10 bits per heavy atom. The van der Waals surface area contributed by atoms with Crippen molar-refractivity contribution < 1.29 is 13.9 Å². The maximum Gasteiger partial charge on any atom is 0.278 e. The molecule has 2 heterocycles. The third kappa shape index (κ3) is 2.32. The van der Waals surface area contributed by atoms with E-state index in [0.717, 1.165) is 18.4 Å². The van der Waals surface area contributed by atoms with E-state index < -0.39 is 5.82 Å². The summed E-state index contributed by atoms with van der Waals surface area (Å²) in [6.45, 7) is 0.488. The molecule has 102 valence electrons. The van der Waals surface area contributed by atoms with E-state index >= 15 is 0 Å². The minimum Gasteiger partial charge on any atom is -0.492 e. The van der Waals surface area contributed by atoms with Gasteiger partial charge in [0.05, 0.1) is 6.61 Å². The first kappa shape index (κ1) is 12.9. The highest BCUT2D eigenvalue weighted by atomic mass is 32.1. The Hall–Kier alpha value is -2.13. The molecular formula is C14H11FN2O2S. The van der Waals surface area contributed by atoms with Gasteiger partial charge in [-0.2, -0.15) is 5.26 Å². The summed E-state index contributed by atoms with van der Waals surface area (Å²) in [4.78, 5) is 4.02. The van der Waals surface area contributed by atoms with Gasteiger partial charge in [-0.1, -0.05) is 11.3 Å². The molecule has 0 aliphatic carbocycles. The van der Waals surface area contributed by atoms with Crippen molar-refractivity contribution in [2.45, 2.75) is 19.3 Å². The van der Waals surface area contributed by atoms with E-state index in [4.69, 9.17) is 14.7 Å². The Kier molecular flexibility index (Phi) is 3.52. The van der Waals surface area contributed by atoms with Gasteiger partial charge in [0.25, 0.3) is 5.19 Å². The van der Waals surface area contributed by atoms with Crippen molar-refractivity contribution in [3.63, 3.8) is 0 Å². The predicted octanol–water partition coefficient (Wildman–Crippen LogP) is 3.66. The number of nitriles is 1. The molecule has 0 fully saturated rings. The van der Waals surface area contributed by atoms with Gasteiger partial charge in [0, 0.05) is 23.2 Å². The molecule has 2 aromatic rings. The highest BCUT2D eigenvalue weighted by Gasteiger charge is 2.23. The Bertz CT molecular complexity index is 665. The number of aromatic nitrogens is 1. The fourth-order valence-corrected chi connectivity index (χ4v) is 2.67. The lowest BCUT2D eigenvalue weighted by Gasteiger charge is -2.14. The van der Waals surface area contributed by atoms with E-state index in [-0.39, 0.29) is 5.56 Å². The molecule has 0 spiro atoms. The van der Waals surface area contributed by atoms with Gasteiger partial charge in [-0.25, -0.2) is 9.37 Å². The number of hydrogen-bond acceptors (Lipinski definition) is 5. The maximum atomic E-state index is 14.0. The summed E-state index contributed by atoms with van der Waals surface area (Å²) in [7, 11) is 0. The van der Waals surface area contributed by atoms with Gasteiger partial charge in [-0.05, 0) is 19.3 Å². The van der Waals surface area contributed by atoms with Crippen molar-refractivity contribution in [2.75, 3.05) is 6.61 Å². The number of nitrogens with zero attached hydrogens (tertiary/aromatic N) is 2. The van der Waals surface area contributed by atoms with Crippen LogP contribution in [0.1, 0.15) is 24.0 Å². The SMILES string of the molecule is N#Cc1c(F)cc(Oc2nccs2)c2c1OCCCC2. The fourth-order valence-electron chi connectivity index (χ4n) is 2.17. The van der Waals surface area contributed by atoms with Gasteiger partial charge in [-0.3, -0.25) is 0 Å². The molecule has 0 saturated heterocycles. The van der Waals surface area contributed by atoms with E-state index in [2.05, 4.69) is 4.98 Å². The molecule has 0 amide bonds. The largest absolute Gasteiger partial charge is 0.492 e. The average molecular weight is 290 g/mol. The van der Waals surface area contributed by atoms with Crippen LogP contribution >= 0.6 is 11.3 Å². The van der Waals surface area contributed by atoms with Gasteiger partial charge >= 0.3 is 0 Å². The number of thiazole rings is 1. The minimum atomic E-state index is -0.625. The van der Waals surface area contributed by atoms with E-state index in [9.17, 15) is 4.39 Å². The fraction of sp³-hybridized carbons (Fsp3) is 0.286. The Morgan fingerprint density at radius 2 is 2.35 bits per heavy atom. The van der Waals surface area contributed by atoms with Gasteiger partial charge in [0.1, 0.15) is 28.9 Å². The number of hydrogen-bond donors (Lipinski definition) is 0. The van der Waals surface area contributed by atoms with E-state index in [0.29, 0.717) is 29.7 Å². The molecule has 0 N–H and O–H groups in total. The molecule has 20 heavy (non-hydrogen) atoms. The molecule has 6 heteroatoms. The van der Waals surface area contributed by atoms with Crippen LogP contribution in [0.15, 0.2) is 17.6 Å². The number of halogens is 1. The molecular weight excluding hydrogens is 279 g/mol. The Labute approximate surface area is 119 Å². The minimum absolute atomic E-state index is 0.0478. The third-order valence-corrected chi connectivity index (χ3v) is 3.73. The molecule has 1 aromatic heterocycles. The van der Waals surface area contributed by atoms with Crippen LogP contribution in [-0.4, -0.2) is 11.6 Å². The van der Waals surface area contributed by atoms with Gasteiger partial charge in [0.2, 0.25) is 0 Å². The smallest absolute Gasteiger partial charge is 0.278 e. The zero-order chi connectivity index (χ0) is 13.9. The molecule has 1 aliphatic heterocycles. The molecule has 0 saturated carbocycles. The van der Waals surface area contributed by atoms with E-state index in [1.807, 2.05) is 6.07 Å². The summed E-state index contributed by atoms with van der Waals surface area (Å²) < 4.78 is 25.2. The first-order valence-electron chi connectivity index (χ1n) is 6.25. The van der Waals surface area contributed by atoms with Crippen LogP contribution in [0.3, 0.4) is 0 Å². The highest BCUT2D eigenvalue weighted by Crippen LogP contribution is 2.39.